The second-order valence-corrected chi connectivity index (χ2v) is 11.7. The van der Waals surface area contributed by atoms with Crippen LogP contribution in [-0.2, 0) is 24.7 Å². The Morgan fingerprint density at radius 1 is 1.00 bits per heavy atom. The van der Waals surface area contributed by atoms with Crippen LogP contribution in [0.25, 0.3) is 21.5 Å². The van der Waals surface area contributed by atoms with Gasteiger partial charge in [0.05, 0.1) is 11.8 Å². The lowest BCUT2D eigenvalue weighted by molar-refractivity contribution is -0.166. The van der Waals surface area contributed by atoms with Gasteiger partial charge in [0.15, 0.2) is 0 Å². The number of rotatable bonds is 6. The minimum absolute atomic E-state index is 0.0473. The molecule has 5 heteroatoms. The van der Waals surface area contributed by atoms with E-state index in [9.17, 15) is 9.59 Å². The Kier molecular flexibility index (Phi) is 6.41. The normalized spacial score (nSPS) is 24.6. The molecule has 0 radical (unpaired) electrons. The van der Waals surface area contributed by atoms with Crippen molar-refractivity contribution in [3.8, 4) is 0 Å². The summed E-state index contributed by atoms with van der Waals surface area (Å²) in [5.41, 5.74) is 0.248. The molecule has 3 aromatic rings. The van der Waals surface area contributed by atoms with Crippen molar-refractivity contribution in [2.75, 3.05) is 0 Å². The number of hydrogen-bond acceptors (Lipinski definition) is 4. The van der Waals surface area contributed by atoms with Crippen LogP contribution in [0.5, 0.6) is 0 Å². The summed E-state index contributed by atoms with van der Waals surface area (Å²) in [7, 11) is 0. The molecular formula is C30H33BrO4. The van der Waals surface area contributed by atoms with E-state index < -0.39 is 5.60 Å². The highest BCUT2D eigenvalue weighted by Gasteiger charge is 2.51. The van der Waals surface area contributed by atoms with Gasteiger partial charge in [0.1, 0.15) is 11.7 Å². The SMILES string of the molecule is CCC(C)C(=O)OC1CC2CC1CC2C(=O)OC(C)(C)c1ccc2c(ccc3c(Br)cccc32)c1. The standard InChI is InChI=1S/C30H33BrO4/c1-5-17(2)28(32)34-27-16-19-13-20(27)15-25(19)29(33)35-30(3,4)21-10-12-22-18(14-21)9-11-24-23(22)7-6-8-26(24)31/h6-12,14,17,19-20,25,27H,5,13,15-16H2,1-4H3. The quantitative estimate of drug-likeness (QED) is 0.241. The van der Waals surface area contributed by atoms with Crippen LogP contribution in [0.3, 0.4) is 0 Å². The summed E-state index contributed by atoms with van der Waals surface area (Å²) >= 11 is 3.64. The predicted octanol–water partition coefficient (Wildman–Crippen LogP) is 7.54. The van der Waals surface area contributed by atoms with Crippen molar-refractivity contribution in [2.24, 2.45) is 23.7 Å². The van der Waals surface area contributed by atoms with Gasteiger partial charge in [-0.15, -0.1) is 0 Å². The van der Waals surface area contributed by atoms with Crippen molar-refractivity contribution in [2.45, 2.75) is 65.1 Å². The van der Waals surface area contributed by atoms with E-state index in [2.05, 4.69) is 64.5 Å². The molecule has 0 amide bonds. The Hall–Kier alpha value is -2.40. The molecule has 5 atom stereocenters. The van der Waals surface area contributed by atoms with Crippen LogP contribution in [0.1, 0.15) is 58.9 Å². The van der Waals surface area contributed by atoms with Gasteiger partial charge in [0.2, 0.25) is 0 Å². The fraction of sp³-hybridized carbons (Fsp3) is 0.467. The van der Waals surface area contributed by atoms with Crippen LogP contribution in [-0.4, -0.2) is 18.0 Å². The first-order chi connectivity index (χ1) is 16.7. The molecule has 3 aromatic carbocycles. The maximum absolute atomic E-state index is 13.2. The van der Waals surface area contributed by atoms with Crippen molar-refractivity contribution in [1.29, 1.82) is 0 Å². The summed E-state index contributed by atoms with van der Waals surface area (Å²) in [6.07, 6.45) is 3.19. The molecule has 2 bridgehead atoms. The summed E-state index contributed by atoms with van der Waals surface area (Å²) in [6.45, 7) is 7.84. The van der Waals surface area contributed by atoms with Crippen LogP contribution in [0.2, 0.25) is 0 Å². The number of benzene rings is 3. The van der Waals surface area contributed by atoms with Gasteiger partial charge in [-0.1, -0.05) is 66.2 Å². The number of hydrogen-bond donors (Lipinski definition) is 0. The van der Waals surface area contributed by atoms with E-state index in [0.717, 1.165) is 41.1 Å². The molecule has 0 spiro atoms. The summed E-state index contributed by atoms with van der Waals surface area (Å²) in [5.74, 6) is 0.0802. The molecule has 5 rings (SSSR count). The zero-order valence-electron chi connectivity index (χ0n) is 20.8. The molecule has 2 aliphatic rings. The van der Waals surface area contributed by atoms with Gasteiger partial charge in [0.25, 0.3) is 0 Å². The van der Waals surface area contributed by atoms with Crippen LogP contribution < -0.4 is 0 Å². The molecule has 2 saturated carbocycles. The van der Waals surface area contributed by atoms with Gasteiger partial charge >= 0.3 is 11.9 Å². The zero-order chi connectivity index (χ0) is 24.9. The molecule has 0 N–H and O–H groups in total. The van der Waals surface area contributed by atoms with Gasteiger partial charge in [0, 0.05) is 4.47 Å². The lowest BCUT2D eigenvalue weighted by Gasteiger charge is -2.31. The number of carbonyl (C=O) groups is 2. The molecule has 2 aliphatic carbocycles. The summed E-state index contributed by atoms with van der Waals surface area (Å²) in [6, 6.07) is 16.8. The van der Waals surface area contributed by atoms with E-state index in [1.807, 2.05) is 27.7 Å². The lowest BCUT2D eigenvalue weighted by Crippen LogP contribution is -2.35. The van der Waals surface area contributed by atoms with Crippen LogP contribution in [0.15, 0.2) is 53.0 Å². The van der Waals surface area contributed by atoms with E-state index in [1.165, 1.54) is 16.2 Å². The number of fused-ring (bicyclic) bond motifs is 5. The summed E-state index contributed by atoms with van der Waals surface area (Å²) in [4.78, 5) is 25.5. The van der Waals surface area contributed by atoms with Crippen LogP contribution in [0, 0.1) is 23.7 Å². The minimum Gasteiger partial charge on any atom is -0.462 e. The van der Waals surface area contributed by atoms with Crippen LogP contribution >= 0.6 is 15.9 Å². The van der Waals surface area contributed by atoms with Crippen LogP contribution in [0.4, 0.5) is 0 Å². The average Bonchev–Trinajstić information content (AvgIpc) is 3.43. The highest BCUT2D eigenvalue weighted by atomic mass is 79.9. The summed E-state index contributed by atoms with van der Waals surface area (Å²) < 4.78 is 13.0. The maximum atomic E-state index is 13.2. The first-order valence-corrected chi connectivity index (χ1v) is 13.5. The molecule has 184 valence electrons. The topological polar surface area (TPSA) is 52.6 Å². The fourth-order valence-corrected chi connectivity index (χ4v) is 6.41. The largest absolute Gasteiger partial charge is 0.462 e. The Bertz CT molecular complexity index is 1300. The second-order valence-electron chi connectivity index (χ2n) is 10.9. The predicted molar refractivity (Wildman–Crippen MR) is 142 cm³/mol. The molecule has 2 fully saturated rings. The number of ether oxygens (including phenoxy) is 2. The van der Waals surface area contributed by atoms with Crippen molar-refractivity contribution in [3.63, 3.8) is 0 Å². The van der Waals surface area contributed by atoms with Crippen molar-refractivity contribution in [3.05, 3.63) is 58.6 Å². The molecule has 4 nitrogen and oxygen atoms in total. The average molecular weight is 537 g/mol. The molecule has 0 aromatic heterocycles. The van der Waals surface area contributed by atoms with Crippen molar-refractivity contribution >= 4 is 49.4 Å². The third-order valence-electron chi connectivity index (χ3n) is 8.25. The molecular weight excluding hydrogens is 504 g/mol. The van der Waals surface area contributed by atoms with E-state index in [1.54, 1.807) is 0 Å². The van der Waals surface area contributed by atoms with Gasteiger partial charge in [-0.2, -0.15) is 0 Å². The molecule has 5 unspecified atom stereocenters. The minimum atomic E-state index is -0.734. The Morgan fingerprint density at radius 3 is 2.49 bits per heavy atom. The van der Waals surface area contributed by atoms with E-state index in [0.29, 0.717) is 0 Å². The van der Waals surface area contributed by atoms with Gasteiger partial charge in [-0.3, -0.25) is 9.59 Å². The van der Waals surface area contributed by atoms with Crippen molar-refractivity contribution in [1.82, 2.24) is 0 Å². The fourth-order valence-electron chi connectivity index (χ4n) is 5.91. The molecule has 0 heterocycles. The molecule has 35 heavy (non-hydrogen) atoms. The van der Waals surface area contributed by atoms with E-state index in [-0.39, 0.29) is 41.7 Å². The Balaban J connectivity index is 1.29. The van der Waals surface area contributed by atoms with Crippen molar-refractivity contribution < 1.29 is 19.1 Å². The highest BCUT2D eigenvalue weighted by Crippen LogP contribution is 2.51. The van der Waals surface area contributed by atoms with E-state index in [4.69, 9.17) is 9.47 Å². The smallest absolute Gasteiger partial charge is 0.310 e. The molecule has 0 aliphatic heterocycles. The third kappa shape index (κ3) is 4.48. The lowest BCUT2D eigenvalue weighted by atomic mass is 9.86. The van der Waals surface area contributed by atoms with Gasteiger partial charge in [-0.05, 0) is 90.6 Å². The Morgan fingerprint density at radius 2 is 1.77 bits per heavy atom. The van der Waals surface area contributed by atoms with E-state index >= 15 is 0 Å². The molecule has 0 saturated heterocycles. The monoisotopic (exact) mass is 536 g/mol. The number of esters is 2. The first kappa shape index (κ1) is 24.3. The first-order valence-electron chi connectivity index (χ1n) is 12.7. The Labute approximate surface area is 215 Å². The number of carbonyl (C=O) groups excluding carboxylic acids is 2. The number of halogens is 1. The third-order valence-corrected chi connectivity index (χ3v) is 8.94. The maximum Gasteiger partial charge on any atom is 0.310 e. The highest BCUT2D eigenvalue weighted by molar-refractivity contribution is 9.10. The summed E-state index contributed by atoms with van der Waals surface area (Å²) in [5, 5.41) is 4.69. The van der Waals surface area contributed by atoms with Gasteiger partial charge < -0.3 is 9.47 Å². The zero-order valence-corrected chi connectivity index (χ0v) is 22.4. The van der Waals surface area contributed by atoms with Gasteiger partial charge in [-0.25, -0.2) is 0 Å². The second kappa shape index (κ2) is 9.24.